The average Bonchev–Trinajstić information content (AvgIpc) is 2.38. The van der Waals surface area contributed by atoms with E-state index in [0.717, 1.165) is 18.2 Å². The van der Waals surface area contributed by atoms with Crippen LogP contribution in [0.15, 0.2) is 36.4 Å². The van der Waals surface area contributed by atoms with E-state index in [4.69, 9.17) is 11.6 Å². The molecule has 2 aromatic carbocycles. The quantitative estimate of drug-likeness (QED) is 0.623. The fourth-order valence-electron chi connectivity index (χ4n) is 1.88. The lowest BCUT2D eigenvalue weighted by atomic mass is 10.2. The van der Waals surface area contributed by atoms with Gasteiger partial charge in [-0.1, -0.05) is 11.6 Å². The summed E-state index contributed by atoms with van der Waals surface area (Å²) in [6.45, 7) is 0. The van der Waals surface area contributed by atoms with Gasteiger partial charge in [-0.3, -0.25) is 0 Å². The molecule has 6 heteroatoms. The van der Waals surface area contributed by atoms with Crippen LogP contribution in [0.1, 0.15) is 0 Å². The number of rotatable bonds is 1. The molecule has 20 heavy (non-hydrogen) atoms. The molecule has 0 N–H and O–H groups in total. The van der Waals surface area contributed by atoms with Crippen molar-refractivity contribution in [2.75, 3.05) is 0 Å². The molecular formula is C14H6ClF3N2. The van der Waals surface area contributed by atoms with Crippen molar-refractivity contribution in [1.29, 1.82) is 0 Å². The van der Waals surface area contributed by atoms with E-state index in [2.05, 4.69) is 9.97 Å². The van der Waals surface area contributed by atoms with Gasteiger partial charge in [0.05, 0.1) is 5.52 Å². The number of halogens is 4. The van der Waals surface area contributed by atoms with Gasteiger partial charge in [0.25, 0.3) is 0 Å². The molecular weight excluding hydrogens is 289 g/mol. The van der Waals surface area contributed by atoms with E-state index in [9.17, 15) is 13.2 Å². The molecule has 0 radical (unpaired) electrons. The lowest BCUT2D eigenvalue weighted by Gasteiger charge is -2.05. The molecule has 0 bridgehead atoms. The first-order chi connectivity index (χ1) is 9.52. The second kappa shape index (κ2) is 4.76. The zero-order valence-electron chi connectivity index (χ0n) is 9.87. The number of hydrogen-bond donors (Lipinski definition) is 0. The van der Waals surface area contributed by atoms with Crippen molar-refractivity contribution in [1.82, 2.24) is 9.97 Å². The van der Waals surface area contributed by atoms with Gasteiger partial charge in [0.1, 0.15) is 22.6 Å². The smallest absolute Gasteiger partial charge is 0.161 e. The fourth-order valence-corrected chi connectivity index (χ4v) is 2.11. The molecule has 1 heterocycles. The third kappa shape index (κ3) is 2.32. The molecule has 1 aromatic heterocycles. The van der Waals surface area contributed by atoms with Crippen LogP contribution in [0.2, 0.25) is 5.15 Å². The Morgan fingerprint density at radius 2 is 1.50 bits per heavy atom. The summed E-state index contributed by atoms with van der Waals surface area (Å²) >= 11 is 5.96. The van der Waals surface area contributed by atoms with Crippen LogP contribution in [0.5, 0.6) is 0 Å². The first-order valence-electron chi connectivity index (χ1n) is 5.62. The first-order valence-corrected chi connectivity index (χ1v) is 6.00. The van der Waals surface area contributed by atoms with Gasteiger partial charge in [-0.05, 0) is 30.3 Å². The van der Waals surface area contributed by atoms with Gasteiger partial charge < -0.3 is 0 Å². The van der Waals surface area contributed by atoms with Crippen LogP contribution >= 0.6 is 11.6 Å². The van der Waals surface area contributed by atoms with Gasteiger partial charge in [-0.15, -0.1) is 0 Å². The summed E-state index contributed by atoms with van der Waals surface area (Å²) in [7, 11) is 0. The highest BCUT2D eigenvalue weighted by molar-refractivity contribution is 6.34. The number of nitrogens with zero attached hydrogens (tertiary/aromatic N) is 2. The van der Waals surface area contributed by atoms with E-state index in [1.54, 1.807) is 0 Å². The van der Waals surface area contributed by atoms with E-state index < -0.39 is 17.5 Å². The molecule has 2 nitrogen and oxygen atoms in total. The molecule has 3 rings (SSSR count). The number of fused-ring (bicyclic) bond motifs is 1. The van der Waals surface area contributed by atoms with E-state index in [0.29, 0.717) is 10.9 Å². The first kappa shape index (κ1) is 12.9. The molecule has 0 amide bonds. The summed E-state index contributed by atoms with van der Waals surface area (Å²) in [5.41, 5.74) is 0.557. The predicted molar refractivity (Wildman–Crippen MR) is 69.9 cm³/mol. The maximum atomic E-state index is 13.2. The van der Waals surface area contributed by atoms with Crippen LogP contribution in [0, 0.1) is 17.5 Å². The molecule has 0 atom stereocenters. The van der Waals surface area contributed by atoms with Gasteiger partial charge >= 0.3 is 0 Å². The molecule has 3 aromatic rings. The Hall–Kier alpha value is -2.14. The van der Waals surface area contributed by atoms with Gasteiger partial charge in [-0.25, -0.2) is 23.1 Å². The average molecular weight is 295 g/mol. The van der Waals surface area contributed by atoms with Crippen LogP contribution in [0.4, 0.5) is 13.2 Å². The summed E-state index contributed by atoms with van der Waals surface area (Å²) < 4.78 is 39.5. The molecule has 0 saturated carbocycles. The zero-order chi connectivity index (χ0) is 14.3. The van der Waals surface area contributed by atoms with Gasteiger partial charge in [0.15, 0.2) is 5.82 Å². The van der Waals surface area contributed by atoms with E-state index >= 15 is 0 Å². The Morgan fingerprint density at radius 3 is 2.20 bits per heavy atom. The van der Waals surface area contributed by atoms with Crippen molar-refractivity contribution in [3.05, 3.63) is 59.0 Å². The highest BCUT2D eigenvalue weighted by atomic mass is 35.5. The Kier molecular flexibility index (Phi) is 3.06. The van der Waals surface area contributed by atoms with Crippen molar-refractivity contribution >= 4 is 22.5 Å². The largest absolute Gasteiger partial charge is 0.228 e. The maximum Gasteiger partial charge on any atom is 0.161 e. The SMILES string of the molecule is Fc1cc(F)cc(-c2nc(Cl)c3cc(F)ccc3n2)c1. The van der Waals surface area contributed by atoms with Crippen molar-refractivity contribution in [3.63, 3.8) is 0 Å². The Bertz CT molecular complexity index is 801. The van der Waals surface area contributed by atoms with Gasteiger partial charge in [0.2, 0.25) is 0 Å². The van der Waals surface area contributed by atoms with Crippen molar-refractivity contribution in [2.45, 2.75) is 0 Å². The van der Waals surface area contributed by atoms with Crippen LogP contribution < -0.4 is 0 Å². The minimum atomic E-state index is -0.737. The predicted octanol–water partition coefficient (Wildman–Crippen LogP) is 4.37. The van der Waals surface area contributed by atoms with Crippen molar-refractivity contribution in [2.24, 2.45) is 0 Å². The highest BCUT2D eigenvalue weighted by Crippen LogP contribution is 2.26. The van der Waals surface area contributed by atoms with Gasteiger partial charge in [-0.2, -0.15) is 0 Å². The number of hydrogen-bond acceptors (Lipinski definition) is 2. The Labute approximate surface area is 116 Å². The molecule has 0 aliphatic carbocycles. The van der Waals surface area contributed by atoms with Crippen LogP contribution in [0.25, 0.3) is 22.3 Å². The third-order valence-electron chi connectivity index (χ3n) is 2.73. The normalized spacial score (nSPS) is 11.0. The van der Waals surface area contributed by atoms with E-state index in [-0.39, 0.29) is 16.5 Å². The Balaban J connectivity index is 2.24. The summed E-state index contributed by atoms with van der Waals surface area (Å²) in [5, 5.41) is 0.362. The second-order valence-corrected chi connectivity index (χ2v) is 4.52. The third-order valence-corrected chi connectivity index (χ3v) is 3.02. The van der Waals surface area contributed by atoms with Crippen LogP contribution in [-0.4, -0.2) is 9.97 Å². The number of benzene rings is 2. The lowest BCUT2D eigenvalue weighted by Crippen LogP contribution is -1.94. The summed E-state index contributed by atoms with van der Waals surface area (Å²) in [4.78, 5) is 8.08. The second-order valence-electron chi connectivity index (χ2n) is 4.16. The lowest BCUT2D eigenvalue weighted by molar-refractivity contribution is 0.584. The molecule has 0 unspecified atom stereocenters. The molecule has 0 aliphatic heterocycles. The van der Waals surface area contributed by atoms with E-state index in [1.807, 2.05) is 0 Å². The van der Waals surface area contributed by atoms with E-state index in [1.165, 1.54) is 18.2 Å². The molecule has 0 spiro atoms. The molecule has 0 aliphatic rings. The molecule has 100 valence electrons. The monoisotopic (exact) mass is 294 g/mol. The van der Waals surface area contributed by atoms with Crippen molar-refractivity contribution < 1.29 is 13.2 Å². The summed E-state index contributed by atoms with van der Waals surface area (Å²) in [6, 6.07) is 6.81. The molecule has 0 fully saturated rings. The standard InChI is InChI=1S/C14H6ClF3N2/c15-13-11-6-8(16)1-2-12(11)19-14(20-13)7-3-9(17)5-10(18)4-7/h1-6H. The maximum absolute atomic E-state index is 13.2. The Morgan fingerprint density at radius 1 is 0.800 bits per heavy atom. The number of aromatic nitrogens is 2. The topological polar surface area (TPSA) is 25.8 Å². The summed E-state index contributed by atoms with van der Waals surface area (Å²) in [5.74, 6) is -1.86. The van der Waals surface area contributed by atoms with Crippen LogP contribution in [0.3, 0.4) is 0 Å². The van der Waals surface area contributed by atoms with Gasteiger partial charge in [0, 0.05) is 17.0 Å². The minimum absolute atomic E-state index is 0.0224. The highest BCUT2D eigenvalue weighted by Gasteiger charge is 2.11. The fraction of sp³-hybridized carbons (Fsp3) is 0. The summed E-state index contributed by atoms with van der Waals surface area (Å²) in [6.07, 6.45) is 0. The van der Waals surface area contributed by atoms with Crippen LogP contribution in [-0.2, 0) is 0 Å². The minimum Gasteiger partial charge on any atom is -0.228 e. The van der Waals surface area contributed by atoms with Crippen molar-refractivity contribution in [3.8, 4) is 11.4 Å². The zero-order valence-corrected chi connectivity index (χ0v) is 10.6. The molecule has 0 saturated heterocycles.